The first-order valence-electron chi connectivity index (χ1n) is 7.37. The normalized spacial score (nSPS) is 27.6. The summed E-state index contributed by atoms with van der Waals surface area (Å²) in [5.74, 6) is -1.06. The van der Waals surface area contributed by atoms with E-state index >= 15 is 0 Å². The second-order valence-electron chi connectivity index (χ2n) is 6.51. The molecule has 0 radical (unpaired) electrons. The Bertz CT molecular complexity index is 422. The Morgan fingerprint density at radius 2 is 1.90 bits per heavy atom. The number of nitrogens with zero attached hydrogens (tertiary/aromatic N) is 3. The molecular weight excluding hydrogens is 274 g/mol. The van der Waals surface area contributed by atoms with Gasteiger partial charge in [-0.25, -0.2) is 9.59 Å². The van der Waals surface area contributed by atoms with E-state index in [1.807, 2.05) is 14.1 Å². The van der Waals surface area contributed by atoms with Gasteiger partial charge in [0.05, 0.1) is 6.10 Å². The second-order valence-corrected chi connectivity index (χ2v) is 6.51. The molecule has 120 valence electrons. The number of carbonyl (C=O) groups is 2. The molecule has 1 saturated carbocycles. The second kappa shape index (κ2) is 5.81. The molecular formula is C14H25N3O4. The Morgan fingerprint density at radius 3 is 2.33 bits per heavy atom. The Balaban J connectivity index is 2.03. The molecule has 1 aliphatic heterocycles. The summed E-state index contributed by atoms with van der Waals surface area (Å²) < 4.78 is 0. The molecule has 1 aliphatic carbocycles. The van der Waals surface area contributed by atoms with Gasteiger partial charge in [-0.05, 0) is 33.4 Å². The Morgan fingerprint density at radius 1 is 1.29 bits per heavy atom. The standard InChI is InChI=1S/C14H25N3O4/c1-15(2)14(5-4-6-14)9-16(3)13(21)17-8-10(18)7-11(17)12(19)20/h10-11,18H,4-9H2,1-3H3,(H,19,20)/t10-,11+/m1/s1. The van der Waals surface area contributed by atoms with Crippen molar-refractivity contribution in [2.24, 2.45) is 0 Å². The van der Waals surface area contributed by atoms with Crippen molar-refractivity contribution in [3.8, 4) is 0 Å². The van der Waals surface area contributed by atoms with Gasteiger partial charge in [0, 0.05) is 32.1 Å². The summed E-state index contributed by atoms with van der Waals surface area (Å²) in [6.07, 6.45) is 2.59. The molecule has 2 N–H and O–H groups in total. The Hall–Kier alpha value is -1.34. The van der Waals surface area contributed by atoms with Gasteiger partial charge in [-0.2, -0.15) is 0 Å². The third-order valence-electron chi connectivity index (χ3n) is 4.90. The lowest BCUT2D eigenvalue weighted by Crippen LogP contribution is -2.59. The number of β-amino-alcohol motifs (C(OH)–C–C–N with tert-alkyl or cyclic N) is 1. The number of rotatable bonds is 4. The number of likely N-dealkylation sites (N-methyl/N-ethyl adjacent to an activating group) is 2. The van der Waals surface area contributed by atoms with Crippen molar-refractivity contribution in [1.29, 1.82) is 0 Å². The molecule has 2 atom stereocenters. The van der Waals surface area contributed by atoms with Crippen molar-refractivity contribution in [3.05, 3.63) is 0 Å². The van der Waals surface area contributed by atoms with Gasteiger partial charge in [-0.1, -0.05) is 0 Å². The predicted octanol–water partition coefficient (Wildman–Crippen LogP) is 0.0423. The fraction of sp³-hybridized carbons (Fsp3) is 0.857. The number of carboxylic acids is 1. The minimum atomic E-state index is -1.06. The quantitative estimate of drug-likeness (QED) is 0.766. The molecule has 0 bridgehead atoms. The molecule has 2 aliphatic rings. The maximum absolute atomic E-state index is 12.5. The van der Waals surface area contributed by atoms with Gasteiger partial charge in [-0.3, -0.25) is 0 Å². The molecule has 0 aromatic heterocycles. The maximum atomic E-state index is 12.5. The number of urea groups is 1. The van der Waals surface area contributed by atoms with Gasteiger partial charge >= 0.3 is 12.0 Å². The first kappa shape index (κ1) is 16.0. The summed E-state index contributed by atoms with van der Waals surface area (Å²) in [6.45, 7) is 0.673. The molecule has 1 heterocycles. The average Bonchev–Trinajstić information content (AvgIpc) is 2.74. The van der Waals surface area contributed by atoms with Gasteiger partial charge in [-0.15, -0.1) is 0 Å². The van der Waals surface area contributed by atoms with Crippen LogP contribution in [0.3, 0.4) is 0 Å². The molecule has 2 fully saturated rings. The van der Waals surface area contributed by atoms with Crippen LogP contribution >= 0.6 is 0 Å². The molecule has 2 amide bonds. The zero-order valence-electron chi connectivity index (χ0n) is 12.9. The maximum Gasteiger partial charge on any atom is 0.326 e. The highest BCUT2D eigenvalue weighted by Crippen LogP contribution is 2.37. The van der Waals surface area contributed by atoms with E-state index in [1.54, 1.807) is 11.9 Å². The summed E-state index contributed by atoms with van der Waals surface area (Å²) in [7, 11) is 5.73. The SMILES string of the molecule is CN(CC1(N(C)C)CCC1)C(=O)N1C[C@H](O)C[C@H]1C(=O)O. The molecule has 0 aromatic carbocycles. The highest BCUT2D eigenvalue weighted by atomic mass is 16.4. The summed E-state index contributed by atoms with van der Waals surface area (Å²) >= 11 is 0. The van der Waals surface area contributed by atoms with Gasteiger partial charge in [0.1, 0.15) is 6.04 Å². The van der Waals surface area contributed by atoms with Crippen LogP contribution in [0.5, 0.6) is 0 Å². The Kier molecular flexibility index (Phi) is 4.43. The summed E-state index contributed by atoms with van der Waals surface area (Å²) in [5, 5.41) is 18.8. The minimum Gasteiger partial charge on any atom is -0.480 e. The molecule has 7 heteroatoms. The fourth-order valence-corrected chi connectivity index (χ4v) is 3.32. The predicted molar refractivity (Wildman–Crippen MR) is 77.0 cm³/mol. The van der Waals surface area contributed by atoms with Crippen LogP contribution < -0.4 is 0 Å². The number of hydrogen-bond donors (Lipinski definition) is 2. The highest BCUT2D eigenvalue weighted by Gasteiger charge is 2.44. The highest BCUT2D eigenvalue weighted by molar-refractivity contribution is 5.83. The number of aliphatic hydroxyl groups excluding tert-OH is 1. The van der Waals surface area contributed by atoms with Crippen molar-refractivity contribution in [2.75, 3.05) is 34.2 Å². The van der Waals surface area contributed by atoms with E-state index in [1.165, 1.54) is 4.90 Å². The van der Waals surface area contributed by atoms with Crippen LogP contribution in [0, 0.1) is 0 Å². The van der Waals surface area contributed by atoms with E-state index in [0.717, 1.165) is 19.3 Å². The number of amides is 2. The van der Waals surface area contributed by atoms with E-state index < -0.39 is 18.1 Å². The number of likely N-dealkylation sites (tertiary alicyclic amines) is 1. The van der Waals surface area contributed by atoms with Crippen LogP contribution in [0.25, 0.3) is 0 Å². The summed E-state index contributed by atoms with van der Waals surface area (Å²) in [6, 6.07) is -1.24. The van der Waals surface area contributed by atoms with Crippen molar-refractivity contribution in [1.82, 2.24) is 14.7 Å². The van der Waals surface area contributed by atoms with Crippen LogP contribution in [0.15, 0.2) is 0 Å². The molecule has 0 unspecified atom stereocenters. The number of hydrogen-bond acceptors (Lipinski definition) is 4. The lowest BCUT2D eigenvalue weighted by Gasteiger charge is -2.49. The van der Waals surface area contributed by atoms with Crippen molar-refractivity contribution < 1.29 is 19.8 Å². The lowest BCUT2D eigenvalue weighted by atomic mass is 9.75. The van der Waals surface area contributed by atoms with Crippen molar-refractivity contribution in [2.45, 2.75) is 43.4 Å². The zero-order valence-corrected chi connectivity index (χ0v) is 12.9. The van der Waals surface area contributed by atoms with Gasteiger partial charge in [0.15, 0.2) is 0 Å². The minimum absolute atomic E-state index is 0.00146. The first-order chi connectivity index (χ1) is 9.77. The summed E-state index contributed by atoms with van der Waals surface area (Å²) in [5.41, 5.74) is 0.00146. The van der Waals surface area contributed by atoms with Crippen LogP contribution in [-0.2, 0) is 4.79 Å². The zero-order chi connectivity index (χ0) is 15.8. The number of carbonyl (C=O) groups excluding carboxylic acids is 1. The smallest absolute Gasteiger partial charge is 0.326 e. The molecule has 7 nitrogen and oxygen atoms in total. The number of aliphatic hydroxyl groups is 1. The van der Waals surface area contributed by atoms with E-state index in [4.69, 9.17) is 0 Å². The van der Waals surface area contributed by atoms with Crippen LogP contribution in [-0.4, -0.2) is 88.8 Å². The third-order valence-corrected chi connectivity index (χ3v) is 4.90. The van der Waals surface area contributed by atoms with Gasteiger partial charge in [0.2, 0.25) is 0 Å². The number of carboxylic acid groups (broad SMARTS) is 1. The summed E-state index contributed by atoms with van der Waals surface area (Å²) in [4.78, 5) is 28.7. The first-order valence-corrected chi connectivity index (χ1v) is 7.37. The third kappa shape index (κ3) is 2.98. The topological polar surface area (TPSA) is 84.3 Å². The molecule has 0 spiro atoms. The van der Waals surface area contributed by atoms with Crippen LogP contribution in [0.1, 0.15) is 25.7 Å². The van der Waals surface area contributed by atoms with E-state index in [9.17, 15) is 19.8 Å². The van der Waals surface area contributed by atoms with Crippen molar-refractivity contribution in [3.63, 3.8) is 0 Å². The van der Waals surface area contributed by atoms with E-state index in [2.05, 4.69) is 4.90 Å². The van der Waals surface area contributed by atoms with Crippen LogP contribution in [0.4, 0.5) is 4.79 Å². The average molecular weight is 299 g/mol. The molecule has 1 saturated heterocycles. The largest absolute Gasteiger partial charge is 0.480 e. The van der Waals surface area contributed by atoms with Crippen LogP contribution in [0.2, 0.25) is 0 Å². The molecule has 2 rings (SSSR count). The monoisotopic (exact) mass is 299 g/mol. The van der Waals surface area contributed by atoms with Gasteiger partial charge in [0.25, 0.3) is 0 Å². The molecule has 21 heavy (non-hydrogen) atoms. The Labute approximate surface area is 125 Å². The fourth-order valence-electron chi connectivity index (χ4n) is 3.32. The number of aliphatic carboxylic acids is 1. The molecule has 0 aromatic rings. The van der Waals surface area contributed by atoms with E-state index in [0.29, 0.717) is 6.54 Å². The van der Waals surface area contributed by atoms with Crippen molar-refractivity contribution >= 4 is 12.0 Å². The lowest BCUT2D eigenvalue weighted by molar-refractivity contribution is -0.141. The van der Waals surface area contributed by atoms with E-state index in [-0.39, 0.29) is 24.5 Å². The van der Waals surface area contributed by atoms with Gasteiger partial charge < -0.3 is 24.9 Å².